The Kier molecular flexibility index (Phi) is 3.22. The molecule has 0 spiro atoms. The Morgan fingerprint density at radius 1 is 1.40 bits per heavy atom. The van der Waals surface area contributed by atoms with Crippen molar-refractivity contribution >= 4 is 17.7 Å². The van der Waals surface area contributed by atoms with Crippen LogP contribution >= 0.6 is 0 Å². The Morgan fingerprint density at radius 2 is 2.07 bits per heavy atom. The lowest BCUT2D eigenvalue weighted by molar-refractivity contribution is -0.146. The fourth-order valence-corrected chi connectivity index (χ4v) is 1.09. The van der Waals surface area contributed by atoms with Gasteiger partial charge in [-0.05, 0) is 11.6 Å². The number of aliphatic carboxylic acids is 2. The van der Waals surface area contributed by atoms with E-state index in [-0.39, 0.29) is 6.42 Å². The number of nitrogens with one attached hydrogen (secondary N) is 1. The van der Waals surface area contributed by atoms with Crippen molar-refractivity contribution in [3.8, 4) is 0 Å². The molecule has 15 heavy (non-hydrogen) atoms. The van der Waals surface area contributed by atoms with Crippen molar-refractivity contribution in [2.45, 2.75) is 12.5 Å². The van der Waals surface area contributed by atoms with Crippen LogP contribution in [-0.4, -0.2) is 34.0 Å². The van der Waals surface area contributed by atoms with E-state index in [0.29, 0.717) is 5.57 Å². The molecule has 0 bridgehead atoms. The fraction of sp³-hybridized carbons (Fsp3) is 0.222. The van der Waals surface area contributed by atoms with Gasteiger partial charge in [-0.2, -0.15) is 0 Å². The van der Waals surface area contributed by atoms with Crippen LogP contribution in [0.25, 0.3) is 0 Å². The van der Waals surface area contributed by atoms with Crippen molar-refractivity contribution in [2.75, 3.05) is 0 Å². The molecule has 0 aromatic rings. The molecule has 1 rings (SSSR count). The summed E-state index contributed by atoms with van der Waals surface area (Å²) in [7, 11) is 0. The first-order valence-corrected chi connectivity index (χ1v) is 4.14. The molecule has 0 aromatic heterocycles. The van der Waals surface area contributed by atoms with Crippen LogP contribution in [-0.2, 0) is 14.4 Å². The molecule has 1 unspecified atom stereocenters. The second kappa shape index (κ2) is 4.41. The number of rotatable bonds is 4. The predicted octanol–water partition coefficient (Wildman–Crippen LogP) is -0.473. The molecule has 0 amide bonds. The highest BCUT2D eigenvalue weighted by Crippen LogP contribution is 2.13. The number of hydrogen-bond acceptors (Lipinski definition) is 4. The minimum Gasteiger partial charge on any atom is -0.480 e. The summed E-state index contributed by atoms with van der Waals surface area (Å²) in [4.78, 5) is 31.3. The first kappa shape index (κ1) is 11.0. The topological polar surface area (TPSA) is 104 Å². The molecular weight excluding hydrogens is 202 g/mol. The zero-order valence-electron chi connectivity index (χ0n) is 7.64. The van der Waals surface area contributed by atoms with Gasteiger partial charge in [-0.15, -0.1) is 0 Å². The third-order valence-corrected chi connectivity index (χ3v) is 1.87. The van der Waals surface area contributed by atoms with Gasteiger partial charge in [0, 0.05) is 12.6 Å². The molecule has 0 saturated carbocycles. The molecule has 0 aromatic carbocycles. The standard InChI is InChI=1S/C9H9NO5/c11-7(9(14)15)2-1-5-3-6(8(12)13)10-4-5/h1-2,4,6,10H,3H2,(H,12,13)(H,14,15)/b2-1-. The maximum Gasteiger partial charge on any atom is 0.376 e. The molecule has 0 aliphatic carbocycles. The molecule has 6 heteroatoms. The second-order valence-electron chi connectivity index (χ2n) is 2.98. The lowest BCUT2D eigenvalue weighted by atomic mass is 10.1. The summed E-state index contributed by atoms with van der Waals surface area (Å²) in [5.41, 5.74) is 0.581. The minimum atomic E-state index is -1.53. The van der Waals surface area contributed by atoms with Crippen LogP contribution in [0.5, 0.6) is 0 Å². The van der Waals surface area contributed by atoms with E-state index in [2.05, 4.69) is 5.32 Å². The van der Waals surface area contributed by atoms with Crippen LogP contribution in [0.1, 0.15) is 6.42 Å². The number of carboxylic acids is 2. The maximum absolute atomic E-state index is 10.7. The van der Waals surface area contributed by atoms with E-state index in [1.54, 1.807) is 0 Å². The first-order chi connectivity index (χ1) is 7.00. The van der Waals surface area contributed by atoms with Crippen molar-refractivity contribution in [2.24, 2.45) is 0 Å². The first-order valence-electron chi connectivity index (χ1n) is 4.14. The van der Waals surface area contributed by atoms with E-state index in [0.717, 1.165) is 6.08 Å². The van der Waals surface area contributed by atoms with Gasteiger partial charge < -0.3 is 15.5 Å². The molecule has 80 valence electrons. The highest BCUT2D eigenvalue weighted by Gasteiger charge is 2.21. The summed E-state index contributed by atoms with van der Waals surface area (Å²) in [6, 6.07) is -0.704. The minimum absolute atomic E-state index is 0.235. The number of carboxylic acid groups (broad SMARTS) is 2. The summed E-state index contributed by atoms with van der Waals surface area (Å²) in [6.45, 7) is 0. The summed E-state index contributed by atoms with van der Waals surface area (Å²) in [5, 5.41) is 19.5. The van der Waals surface area contributed by atoms with Gasteiger partial charge in [-0.1, -0.05) is 6.08 Å². The number of hydrogen-bond donors (Lipinski definition) is 3. The maximum atomic E-state index is 10.7. The third-order valence-electron chi connectivity index (χ3n) is 1.87. The van der Waals surface area contributed by atoms with E-state index >= 15 is 0 Å². The molecule has 0 saturated heterocycles. The molecular formula is C9H9NO5. The number of allylic oxidation sites excluding steroid dienone is 1. The van der Waals surface area contributed by atoms with Gasteiger partial charge >= 0.3 is 11.9 Å². The summed E-state index contributed by atoms with van der Waals surface area (Å²) in [6.07, 6.45) is 3.88. The molecule has 6 nitrogen and oxygen atoms in total. The average molecular weight is 211 g/mol. The summed E-state index contributed by atoms with van der Waals surface area (Å²) in [5.74, 6) is -3.55. The van der Waals surface area contributed by atoms with Crippen molar-refractivity contribution < 1.29 is 24.6 Å². The molecule has 1 aliphatic heterocycles. The Labute approximate surface area is 84.9 Å². The SMILES string of the molecule is O=C(O)C(=O)/C=C\C1=CNC(C(=O)O)C1. The lowest BCUT2D eigenvalue weighted by Gasteiger charge is -2.02. The van der Waals surface area contributed by atoms with E-state index < -0.39 is 23.8 Å². The second-order valence-corrected chi connectivity index (χ2v) is 2.98. The molecule has 1 atom stereocenters. The normalized spacial score (nSPS) is 19.7. The van der Waals surface area contributed by atoms with E-state index in [1.165, 1.54) is 12.3 Å². The van der Waals surface area contributed by atoms with Crippen LogP contribution < -0.4 is 5.32 Å². The molecule has 3 N–H and O–H groups in total. The number of carbonyl (C=O) groups excluding carboxylic acids is 1. The van der Waals surface area contributed by atoms with Crippen molar-refractivity contribution in [3.63, 3.8) is 0 Å². The summed E-state index contributed by atoms with van der Waals surface area (Å²) >= 11 is 0. The fourth-order valence-electron chi connectivity index (χ4n) is 1.09. The van der Waals surface area contributed by atoms with Crippen molar-refractivity contribution in [3.05, 3.63) is 23.9 Å². The van der Waals surface area contributed by atoms with Gasteiger partial charge in [0.2, 0.25) is 0 Å². The van der Waals surface area contributed by atoms with Crippen molar-refractivity contribution in [1.29, 1.82) is 0 Å². The Morgan fingerprint density at radius 3 is 2.53 bits per heavy atom. The zero-order chi connectivity index (χ0) is 11.4. The Hall–Kier alpha value is -2.11. The average Bonchev–Trinajstić information content (AvgIpc) is 2.62. The van der Waals surface area contributed by atoms with Gasteiger partial charge in [0.25, 0.3) is 5.78 Å². The van der Waals surface area contributed by atoms with Crippen LogP contribution in [0.15, 0.2) is 23.9 Å². The van der Waals surface area contributed by atoms with Gasteiger partial charge in [0.15, 0.2) is 0 Å². The molecule has 0 fully saturated rings. The Balaban J connectivity index is 2.52. The summed E-state index contributed by atoms with van der Waals surface area (Å²) < 4.78 is 0. The van der Waals surface area contributed by atoms with Gasteiger partial charge in [0.1, 0.15) is 6.04 Å². The number of ketones is 1. The largest absolute Gasteiger partial charge is 0.480 e. The quantitative estimate of drug-likeness (QED) is 0.429. The Bertz CT molecular complexity index is 369. The highest BCUT2D eigenvalue weighted by molar-refractivity contribution is 6.37. The van der Waals surface area contributed by atoms with Crippen LogP contribution in [0.4, 0.5) is 0 Å². The van der Waals surface area contributed by atoms with Gasteiger partial charge in [0.05, 0.1) is 0 Å². The monoisotopic (exact) mass is 211 g/mol. The van der Waals surface area contributed by atoms with E-state index in [4.69, 9.17) is 10.2 Å². The molecule has 1 heterocycles. The smallest absolute Gasteiger partial charge is 0.376 e. The van der Waals surface area contributed by atoms with Crippen molar-refractivity contribution in [1.82, 2.24) is 5.32 Å². The number of carbonyl (C=O) groups is 3. The van der Waals surface area contributed by atoms with Crippen LogP contribution in [0, 0.1) is 0 Å². The van der Waals surface area contributed by atoms with E-state index in [9.17, 15) is 14.4 Å². The van der Waals surface area contributed by atoms with Crippen LogP contribution in [0.3, 0.4) is 0 Å². The molecule has 0 radical (unpaired) electrons. The zero-order valence-corrected chi connectivity index (χ0v) is 7.64. The molecule has 1 aliphatic rings. The van der Waals surface area contributed by atoms with Gasteiger partial charge in [-0.25, -0.2) is 9.59 Å². The van der Waals surface area contributed by atoms with Crippen LogP contribution in [0.2, 0.25) is 0 Å². The third kappa shape index (κ3) is 2.94. The predicted molar refractivity (Wildman–Crippen MR) is 49.0 cm³/mol. The highest BCUT2D eigenvalue weighted by atomic mass is 16.4. The van der Waals surface area contributed by atoms with Gasteiger partial charge in [-0.3, -0.25) is 4.79 Å². The lowest BCUT2D eigenvalue weighted by Crippen LogP contribution is -2.28. The van der Waals surface area contributed by atoms with E-state index in [1.807, 2.05) is 0 Å².